The van der Waals surface area contributed by atoms with Crippen LogP contribution in [0, 0.1) is 5.92 Å². The first-order valence-electron chi connectivity index (χ1n) is 3.73. The van der Waals surface area contributed by atoms with Gasteiger partial charge in [0.25, 0.3) is 0 Å². The quantitative estimate of drug-likeness (QED) is 0.540. The van der Waals surface area contributed by atoms with Crippen LogP contribution in [0.1, 0.15) is 33.6 Å². The normalized spacial score (nSPS) is 17.7. The van der Waals surface area contributed by atoms with Crippen LogP contribution < -0.4 is 0 Å². The summed E-state index contributed by atoms with van der Waals surface area (Å²) in [6, 6.07) is 0. The summed E-state index contributed by atoms with van der Waals surface area (Å²) in [5.41, 5.74) is 0. The Morgan fingerprint density at radius 2 is 2.00 bits per heavy atom. The van der Waals surface area contributed by atoms with Crippen LogP contribution in [0.2, 0.25) is 0 Å². The molecule has 0 heterocycles. The van der Waals surface area contributed by atoms with Crippen LogP contribution in [0.25, 0.3) is 0 Å². The molecule has 9 heavy (non-hydrogen) atoms. The summed E-state index contributed by atoms with van der Waals surface area (Å²) in [6.07, 6.45) is 2.99. The summed E-state index contributed by atoms with van der Waals surface area (Å²) in [4.78, 5) is 0. The lowest BCUT2D eigenvalue weighted by Gasteiger charge is -2.13. The second-order valence-electron chi connectivity index (χ2n) is 2.80. The second-order valence-corrected chi connectivity index (χ2v) is 3.27. The summed E-state index contributed by atoms with van der Waals surface area (Å²) in [7, 11) is 0.881. The van der Waals surface area contributed by atoms with Gasteiger partial charge in [0.15, 0.2) is 0 Å². The number of hydrogen-bond donors (Lipinski definition) is 0. The Hall–Kier alpha value is 0.177. The second kappa shape index (κ2) is 5.00. The van der Waals surface area contributed by atoms with Gasteiger partial charge in [0, 0.05) is 6.10 Å². The largest absolute Gasteiger partial charge is 0.425 e. The predicted molar refractivity (Wildman–Crippen MR) is 44.6 cm³/mol. The molecule has 0 saturated heterocycles. The third-order valence-electron chi connectivity index (χ3n) is 1.83. The van der Waals surface area contributed by atoms with Crippen molar-refractivity contribution in [3.8, 4) is 0 Å². The lowest BCUT2D eigenvalue weighted by Crippen LogP contribution is -2.10. The van der Waals surface area contributed by atoms with Gasteiger partial charge in [0.05, 0.1) is 0 Å². The van der Waals surface area contributed by atoms with E-state index in [1.807, 2.05) is 0 Å². The zero-order valence-electron chi connectivity index (χ0n) is 6.98. The van der Waals surface area contributed by atoms with Crippen LogP contribution in [-0.4, -0.2) is 16.6 Å². The van der Waals surface area contributed by atoms with Crippen molar-refractivity contribution in [2.24, 2.45) is 5.92 Å². The van der Waals surface area contributed by atoms with E-state index in [0.717, 1.165) is 16.4 Å². The first kappa shape index (κ1) is 9.18. The van der Waals surface area contributed by atoms with Gasteiger partial charge < -0.3 is 4.43 Å². The maximum Gasteiger partial charge on any atom is 0.146 e. The van der Waals surface area contributed by atoms with E-state index in [9.17, 15) is 0 Å². The van der Waals surface area contributed by atoms with Crippen molar-refractivity contribution < 1.29 is 4.43 Å². The molecule has 0 aromatic heterocycles. The van der Waals surface area contributed by atoms with Crippen molar-refractivity contribution in [3.63, 3.8) is 0 Å². The van der Waals surface area contributed by atoms with Crippen LogP contribution >= 0.6 is 0 Å². The van der Waals surface area contributed by atoms with Gasteiger partial charge in [-0.15, -0.1) is 0 Å². The molecular formula is C7H18OSi. The third-order valence-corrected chi connectivity index (χ3v) is 2.64. The van der Waals surface area contributed by atoms with Crippen molar-refractivity contribution in [1.82, 2.24) is 0 Å². The molecule has 56 valence electrons. The van der Waals surface area contributed by atoms with Gasteiger partial charge in [-0.2, -0.15) is 0 Å². The highest BCUT2D eigenvalue weighted by Gasteiger charge is 2.03. The van der Waals surface area contributed by atoms with Crippen molar-refractivity contribution >= 4 is 10.5 Å². The van der Waals surface area contributed by atoms with Gasteiger partial charge >= 0.3 is 0 Å². The highest BCUT2D eigenvalue weighted by molar-refractivity contribution is 5.98. The fraction of sp³-hybridized carbons (Fsp3) is 1.00. The molecular weight excluding hydrogens is 128 g/mol. The molecule has 0 radical (unpaired) electrons. The Morgan fingerprint density at radius 3 is 2.33 bits per heavy atom. The predicted octanol–water partition coefficient (Wildman–Crippen LogP) is 1.11. The van der Waals surface area contributed by atoms with Gasteiger partial charge in [0.2, 0.25) is 0 Å². The fourth-order valence-electron chi connectivity index (χ4n) is 0.830. The van der Waals surface area contributed by atoms with E-state index in [1.54, 1.807) is 0 Å². The zero-order chi connectivity index (χ0) is 7.28. The topological polar surface area (TPSA) is 9.23 Å². The molecule has 0 aliphatic heterocycles. The van der Waals surface area contributed by atoms with E-state index in [2.05, 4.69) is 20.8 Å². The molecule has 0 amide bonds. The Morgan fingerprint density at radius 1 is 1.44 bits per heavy atom. The molecule has 0 rings (SSSR count). The third kappa shape index (κ3) is 4.67. The Labute approximate surface area is 61.3 Å². The van der Waals surface area contributed by atoms with Gasteiger partial charge in [-0.05, 0) is 19.3 Å². The van der Waals surface area contributed by atoms with Crippen LogP contribution in [0.3, 0.4) is 0 Å². The molecule has 2 atom stereocenters. The van der Waals surface area contributed by atoms with Crippen LogP contribution in [0.5, 0.6) is 0 Å². The van der Waals surface area contributed by atoms with E-state index in [1.165, 1.54) is 12.8 Å². The molecule has 0 spiro atoms. The smallest absolute Gasteiger partial charge is 0.146 e. The molecule has 0 saturated carbocycles. The molecule has 0 fully saturated rings. The van der Waals surface area contributed by atoms with Gasteiger partial charge in [-0.3, -0.25) is 0 Å². The Balaban J connectivity index is 3.22. The van der Waals surface area contributed by atoms with E-state index >= 15 is 0 Å². The maximum atomic E-state index is 5.26. The molecule has 1 nitrogen and oxygen atoms in total. The highest BCUT2D eigenvalue weighted by atomic mass is 28.2. The van der Waals surface area contributed by atoms with Gasteiger partial charge in [0.1, 0.15) is 10.5 Å². The molecule has 0 aromatic carbocycles. The summed E-state index contributed by atoms with van der Waals surface area (Å²) in [6.45, 7) is 6.65. The number of hydrogen-bond acceptors (Lipinski definition) is 1. The molecule has 2 heteroatoms. The molecule has 2 unspecified atom stereocenters. The first-order valence-corrected chi connectivity index (χ1v) is 4.55. The van der Waals surface area contributed by atoms with E-state index in [4.69, 9.17) is 4.43 Å². The highest BCUT2D eigenvalue weighted by Crippen LogP contribution is 2.10. The van der Waals surface area contributed by atoms with Crippen LogP contribution in [0.4, 0.5) is 0 Å². The minimum absolute atomic E-state index is 0.492. The van der Waals surface area contributed by atoms with Crippen molar-refractivity contribution in [3.05, 3.63) is 0 Å². The molecule has 0 N–H and O–H groups in total. The minimum Gasteiger partial charge on any atom is -0.425 e. The SMILES string of the molecule is CCC(C)CC(C)O[SiH3]. The zero-order valence-corrected chi connectivity index (χ0v) is 8.98. The average molecular weight is 146 g/mol. The fourth-order valence-corrected chi connectivity index (χ4v) is 1.02. The molecule has 0 aliphatic carbocycles. The molecule has 0 aliphatic rings. The molecule has 0 bridgehead atoms. The molecule has 0 aromatic rings. The summed E-state index contributed by atoms with van der Waals surface area (Å²) in [5, 5.41) is 0. The van der Waals surface area contributed by atoms with Crippen molar-refractivity contribution in [2.75, 3.05) is 0 Å². The minimum atomic E-state index is 0.492. The monoisotopic (exact) mass is 146 g/mol. The van der Waals surface area contributed by atoms with E-state index in [-0.39, 0.29) is 0 Å². The maximum absolute atomic E-state index is 5.26. The lowest BCUT2D eigenvalue weighted by atomic mass is 10.0. The Kier molecular flexibility index (Phi) is 5.10. The van der Waals surface area contributed by atoms with Crippen LogP contribution in [0.15, 0.2) is 0 Å². The van der Waals surface area contributed by atoms with Gasteiger partial charge in [-0.1, -0.05) is 20.3 Å². The summed E-state index contributed by atoms with van der Waals surface area (Å²) >= 11 is 0. The van der Waals surface area contributed by atoms with Gasteiger partial charge in [-0.25, -0.2) is 0 Å². The van der Waals surface area contributed by atoms with Crippen LogP contribution in [-0.2, 0) is 4.43 Å². The van der Waals surface area contributed by atoms with E-state index in [0.29, 0.717) is 6.10 Å². The van der Waals surface area contributed by atoms with Crippen molar-refractivity contribution in [2.45, 2.75) is 39.7 Å². The Bertz CT molecular complexity index is 57.9. The average Bonchev–Trinajstić information content (AvgIpc) is 1.87. The standard InChI is InChI=1S/C7H18OSi/c1-4-6(2)5-7(3)8-9/h6-7H,4-5H2,1-3,9H3. The van der Waals surface area contributed by atoms with Crippen molar-refractivity contribution in [1.29, 1.82) is 0 Å². The number of rotatable bonds is 4. The van der Waals surface area contributed by atoms with E-state index < -0.39 is 0 Å². The summed E-state index contributed by atoms with van der Waals surface area (Å²) < 4.78 is 5.26. The first-order chi connectivity index (χ1) is 4.20. The summed E-state index contributed by atoms with van der Waals surface area (Å²) in [5.74, 6) is 0.828. The lowest BCUT2D eigenvalue weighted by molar-refractivity contribution is 0.205.